The van der Waals surface area contributed by atoms with Gasteiger partial charge in [0, 0.05) is 79.6 Å². The molecule has 3 N–H and O–H groups in total. The molecule has 8 nitrogen and oxygen atoms in total. The fourth-order valence-corrected chi connectivity index (χ4v) is 5.94. The fourth-order valence-electron chi connectivity index (χ4n) is 5.94. The van der Waals surface area contributed by atoms with E-state index in [1.165, 1.54) is 5.57 Å². The van der Waals surface area contributed by atoms with Crippen molar-refractivity contribution in [2.75, 3.05) is 49.1 Å². The zero-order valence-electron chi connectivity index (χ0n) is 25.6. The first-order chi connectivity index (χ1) is 20.3. The second kappa shape index (κ2) is 12.9. The SMILES string of the molecule is CC1=CCN(C(C)C)c2cc(-c3ccc(N4CCNCC4)nc3)cc(C(=O)NC/C(C)=C(/C=C(/C)NC=O)C3CC3)c21. The van der Waals surface area contributed by atoms with Gasteiger partial charge in [-0.2, -0.15) is 0 Å². The molecule has 222 valence electrons. The monoisotopic (exact) mass is 568 g/mol. The van der Waals surface area contributed by atoms with Crippen molar-refractivity contribution in [1.82, 2.24) is 20.9 Å². The smallest absolute Gasteiger partial charge is 0.252 e. The van der Waals surface area contributed by atoms with Gasteiger partial charge in [-0.25, -0.2) is 4.98 Å². The molecule has 0 unspecified atom stereocenters. The number of carbonyl (C=O) groups excluding carboxylic acids is 2. The number of amides is 2. The van der Waals surface area contributed by atoms with Crippen LogP contribution in [0, 0.1) is 5.92 Å². The molecule has 3 heterocycles. The van der Waals surface area contributed by atoms with E-state index in [4.69, 9.17) is 4.98 Å². The van der Waals surface area contributed by atoms with E-state index in [1.807, 2.05) is 25.3 Å². The zero-order valence-corrected chi connectivity index (χ0v) is 25.6. The summed E-state index contributed by atoms with van der Waals surface area (Å²) < 4.78 is 0. The molecule has 2 fully saturated rings. The number of fused-ring (bicyclic) bond motifs is 1. The van der Waals surface area contributed by atoms with Gasteiger partial charge in [0.25, 0.3) is 5.91 Å². The lowest BCUT2D eigenvalue weighted by molar-refractivity contribution is -0.108. The maximum atomic E-state index is 13.9. The molecule has 1 saturated carbocycles. The molecule has 8 heteroatoms. The van der Waals surface area contributed by atoms with Gasteiger partial charge in [0.2, 0.25) is 6.41 Å². The third-order valence-corrected chi connectivity index (χ3v) is 8.49. The van der Waals surface area contributed by atoms with E-state index in [9.17, 15) is 9.59 Å². The van der Waals surface area contributed by atoms with Crippen molar-refractivity contribution in [3.8, 4) is 11.1 Å². The average molecular weight is 569 g/mol. The van der Waals surface area contributed by atoms with Gasteiger partial charge >= 0.3 is 0 Å². The van der Waals surface area contributed by atoms with Crippen molar-refractivity contribution in [2.45, 2.75) is 53.5 Å². The molecule has 5 rings (SSSR count). The minimum absolute atomic E-state index is 0.0851. The van der Waals surface area contributed by atoms with E-state index in [-0.39, 0.29) is 11.9 Å². The molecular weight excluding hydrogens is 524 g/mol. The number of nitrogens with zero attached hydrogens (tertiary/aromatic N) is 3. The van der Waals surface area contributed by atoms with Gasteiger partial charge in [-0.3, -0.25) is 9.59 Å². The molecular formula is C34H44N6O2. The van der Waals surface area contributed by atoms with E-state index < -0.39 is 0 Å². The maximum Gasteiger partial charge on any atom is 0.252 e. The summed E-state index contributed by atoms with van der Waals surface area (Å²) in [5.41, 5.74) is 9.01. The molecule has 1 saturated heterocycles. The Morgan fingerprint density at radius 3 is 2.55 bits per heavy atom. The van der Waals surface area contributed by atoms with Gasteiger partial charge in [-0.15, -0.1) is 0 Å². The summed E-state index contributed by atoms with van der Waals surface area (Å²) in [5.74, 6) is 1.39. The van der Waals surface area contributed by atoms with Crippen molar-refractivity contribution < 1.29 is 9.59 Å². The highest BCUT2D eigenvalue weighted by molar-refractivity contribution is 6.04. The molecule has 42 heavy (non-hydrogen) atoms. The first-order valence-corrected chi connectivity index (χ1v) is 15.2. The van der Waals surface area contributed by atoms with Crippen LogP contribution in [-0.2, 0) is 4.79 Å². The minimum Gasteiger partial charge on any atom is -0.365 e. The second-order valence-electron chi connectivity index (χ2n) is 12.0. The first kappa shape index (κ1) is 29.6. The normalized spacial score (nSPS) is 17.9. The molecule has 0 bridgehead atoms. The maximum absolute atomic E-state index is 13.9. The largest absolute Gasteiger partial charge is 0.365 e. The number of pyridine rings is 1. The molecule has 0 spiro atoms. The van der Waals surface area contributed by atoms with Crippen molar-refractivity contribution in [2.24, 2.45) is 5.92 Å². The van der Waals surface area contributed by atoms with Crippen LogP contribution in [0.25, 0.3) is 16.7 Å². The molecule has 0 atom stereocenters. The number of nitrogens with one attached hydrogen (secondary N) is 3. The number of carbonyl (C=O) groups is 2. The third kappa shape index (κ3) is 6.59. The molecule has 2 aromatic rings. The van der Waals surface area contributed by atoms with E-state index in [1.54, 1.807) is 0 Å². The molecule has 2 aliphatic heterocycles. The summed E-state index contributed by atoms with van der Waals surface area (Å²) in [6.45, 7) is 15.5. The lowest BCUT2D eigenvalue weighted by Gasteiger charge is -2.35. The first-order valence-electron chi connectivity index (χ1n) is 15.2. The van der Waals surface area contributed by atoms with Gasteiger partial charge in [0.05, 0.1) is 0 Å². The molecule has 1 aromatic carbocycles. The van der Waals surface area contributed by atoms with E-state index in [2.05, 4.69) is 77.7 Å². The van der Waals surface area contributed by atoms with Crippen molar-refractivity contribution in [1.29, 1.82) is 0 Å². The van der Waals surface area contributed by atoms with Crippen LogP contribution in [0.1, 0.15) is 63.4 Å². The molecule has 2 amide bonds. The van der Waals surface area contributed by atoms with Gasteiger partial charge in [0.1, 0.15) is 5.82 Å². The number of allylic oxidation sites excluding steroid dienone is 4. The highest BCUT2D eigenvalue weighted by Gasteiger charge is 2.28. The summed E-state index contributed by atoms with van der Waals surface area (Å²) in [5, 5.41) is 9.35. The Hall–Kier alpha value is -3.91. The van der Waals surface area contributed by atoms with Crippen molar-refractivity contribution >= 4 is 29.4 Å². The van der Waals surface area contributed by atoms with Crippen LogP contribution in [-0.4, -0.2) is 62.6 Å². The number of hydrogen-bond acceptors (Lipinski definition) is 6. The molecule has 1 aliphatic carbocycles. The Kier molecular flexibility index (Phi) is 9.12. The Bertz CT molecular complexity index is 1410. The van der Waals surface area contributed by atoms with E-state index in [0.29, 0.717) is 24.4 Å². The highest BCUT2D eigenvalue weighted by atomic mass is 16.1. The number of anilines is 2. The quantitative estimate of drug-likeness (QED) is 0.279. The Balaban J connectivity index is 1.48. The fraction of sp³-hybridized carbons (Fsp3) is 0.441. The Morgan fingerprint density at radius 1 is 1.14 bits per heavy atom. The van der Waals surface area contributed by atoms with E-state index >= 15 is 0 Å². The number of rotatable bonds is 10. The van der Waals surface area contributed by atoms with Gasteiger partial charge < -0.3 is 25.8 Å². The predicted octanol–water partition coefficient (Wildman–Crippen LogP) is 4.90. The van der Waals surface area contributed by atoms with E-state index in [0.717, 1.165) is 90.6 Å². The number of aromatic nitrogens is 1. The average Bonchev–Trinajstić information content (AvgIpc) is 3.84. The number of piperazine rings is 1. The molecule has 1 aromatic heterocycles. The second-order valence-corrected chi connectivity index (χ2v) is 12.0. The van der Waals surface area contributed by atoms with Crippen LogP contribution in [0.5, 0.6) is 0 Å². The van der Waals surface area contributed by atoms with Gasteiger partial charge in [-0.05, 0) is 100 Å². The Labute approximate surface area is 250 Å². The minimum atomic E-state index is -0.0851. The number of hydrogen-bond donors (Lipinski definition) is 3. The summed E-state index contributed by atoms with van der Waals surface area (Å²) in [6.07, 6.45) is 9.17. The standard InChI is InChI=1S/C34H44N6O2/c1-22(2)40-13-10-23(3)33-30(34(42)37-19-24(4)29(26-6-7-26)16-25(5)38-21-41)17-28(18-31(33)40)27-8-9-32(36-20-27)39-14-11-35-12-15-39/h8-10,16-18,20-22,26,35H,6-7,11-15,19H2,1-5H3,(H,37,42)(H,38,41)/b25-16-,29-24-. The summed E-state index contributed by atoms with van der Waals surface area (Å²) in [6, 6.07) is 8.74. The lowest BCUT2D eigenvalue weighted by atomic mass is 9.90. The number of benzene rings is 1. The summed E-state index contributed by atoms with van der Waals surface area (Å²) in [7, 11) is 0. The van der Waals surface area contributed by atoms with Crippen LogP contribution < -0.4 is 25.8 Å². The Morgan fingerprint density at radius 2 is 1.90 bits per heavy atom. The summed E-state index contributed by atoms with van der Waals surface area (Å²) in [4.78, 5) is 34.3. The zero-order chi connectivity index (χ0) is 29.8. The summed E-state index contributed by atoms with van der Waals surface area (Å²) >= 11 is 0. The van der Waals surface area contributed by atoms with Crippen LogP contribution in [0.4, 0.5) is 11.5 Å². The van der Waals surface area contributed by atoms with Gasteiger partial charge in [-0.1, -0.05) is 11.6 Å². The molecule has 3 aliphatic rings. The van der Waals surface area contributed by atoms with Crippen LogP contribution >= 0.6 is 0 Å². The van der Waals surface area contributed by atoms with Crippen LogP contribution in [0.2, 0.25) is 0 Å². The van der Waals surface area contributed by atoms with Crippen LogP contribution in [0.15, 0.2) is 59.5 Å². The lowest BCUT2D eigenvalue weighted by Crippen LogP contribution is -2.43. The molecule has 0 radical (unpaired) electrons. The highest BCUT2D eigenvalue weighted by Crippen LogP contribution is 2.40. The predicted molar refractivity (Wildman–Crippen MR) is 172 cm³/mol. The van der Waals surface area contributed by atoms with Crippen LogP contribution in [0.3, 0.4) is 0 Å². The third-order valence-electron chi connectivity index (χ3n) is 8.49. The van der Waals surface area contributed by atoms with Gasteiger partial charge in [0.15, 0.2) is 0 Å². The van der Waals surface area contributed by atoms with Crippen molar-refractivity contribution in [3.05, 3.63) is 70.6 Å². The topological polar surface area (TPSA) is 89.6 Å². The van der Waals surface area contributed by atoms with Crippen molar-refractivity contribution in [3.63, 3.8) is 0 Å².